The number of rotatable bonds is 7. The van der Waals surface area contributed by atoms with Crippen LogP contribution in [-0.4, -0.2) is 30.4 Å². The van der Waals surface area contributed by atoms with Crippen molar-refractivity contribution in [1.82, 2.24) is 9.97 Å². The molecular weight excluding hydrogens is 356 g/mol. The summed E-state index contributed by atoms with van der Waals surface area (Å²) in [6, 6.07) is 17.0. The number of aromatic nitrogens is 2. The van der Waals surface area contributed by atoms with Crippen molar-refractivity contribution in [2.45, 2.75) is 0 Å². The number of hydrogen-bond acceptors (Lipinski definition) is 8. The van der Waals surface area contributed by atoms with Crippen LogP contribution in [0.3, 0.4) is 0 Å². The smallest absolute Gasteiger partial charge is 0.169 e. The molecule has 0 aliphatic heterocycles. The van der Waals surface area contributed by atoms with Crippen LogP contribution in [0.1, 0.15) is 11.1 Å². The Morgan fingerprint density at radius 1 is 1.00 bits per heavy atom. The summed E-state index contributed by atoms with van der Waals surface area (Å²) in [7, 11) is 3.13. The van der Waals surface area contributed by atoms with Gasteiger partial charge in [-0.25, -0.2) is 9.97 Å². The van der Waals surface area contributed by atoms with E-state index in [1.165, 1.54) is 6.33 Å². The highest BCUT2D eigenvalue weighted by Crippen LogP contribution is 2.29. The van der Waals surface area contributed by atoms with Crippen molar-refractivity contribution >= 4 is 23.5 Å². The van der Waals surface area contributed by atoms with E-state index >= 15 is 0 Å². The van der Waals surface area contributed by atoms with Crippen molar-refractivity contribution in [2.24, 2.45) is 5.10 Å². The van der Waals surface area contributed by atoms with E-state index in [1.54, 1.807) is 38.6 Å². The third kappa shape index (κ3) is 4.53. The van der Waals surface area contributed by atoms with E-state index in [4.69, 9.17) is 9.47 Å². The summed E-state index contributed by atoms with van der Waals surface area (Å²) in [6.45, 7) is 0. The summed E-state index contributed by atoms with van der Waals surface area (Å²) >= 11 is 0. The maximum atomic E-state index is 9.58. The molecule has 0 aliphatic carbocycles. The normalized spacial score (nSPS) is 10.3. The average Bonchev–Trinajstić information content (AvgIpc) is 2.74. The van der Waals surface area contributed by atoms with Gasteiger partial charge in [-0.1, -0.05) is 30.3 Å². The first kappa shape index (κ1) is 18.7. The minimum absolute atomic E-state index is 0.231. The molecule has 0 aliphatic rings. The molecule has 0 fully saturated rings. The van der Waals surface area contributed by atoms with Gasteiger partial charge in [-0.3, -0.25) is 5.43 Å². The Labute approximate surface area is 162 Å². The maximum Gasteiger partial charge on any atom is 0.169 e. The van der Waals surface area contributed by atoms with Gasteiger partial charge >= 0.3 is 0 Å². The molecule has 2 aromatic carbocycles. The van der Waals surface area contributed by atoms with Crippen LogP contribution in [0.5, 0.6) is 11.5 Å². The Morgan fingerprint density at radius 2 is 1.68 bits per heavy atom. The fraction of sp³-hybridized carbons (Fsp3) is 0.100. The number of nitrogens with zero attached hydrogens (tertiary/aromatic N) is 4. The van der Waals surface area contributed by atoms with Crippen LogP contribution < -0.4 is 20.2 Å². The molecule has 28 heavy (non-hydrogen) atoms. The number of hydrogen-bond donors (Lipinski definition) is 2. The molecule has 0 saturated heterocycles. The van der Waals surface area contributed by atoms with E-state index in [9.17, 15) is 5.26 Å². The predicted octanol–water partition coefficient (Wildman–Crippen LogP) is 3.56. The summed E-state index contributed by atoms with van der Waals surface area (Å²) in [5.74, 6) is 1.85. The second kappa shape index (κ2) is 9.00. The van der Waals surface area contributed by atoms with Gasteiger partial charge in [0.1, 0.15) is 29.5 Å². The van der Waals surface area contributed by atoms with Crippen molar-refractivity contribution in [3.8, 4) is 17.6 Å². The van der Waals surface area contributed by atoms with Gasteiger partial charge in [-0.05, 0) is 5.56 Å². The highest BCUT2D eigenvalue weighted by atomic mass is 16.5. The molecule has 0 amide bonds. The van der Waals surface area contributed by atoms with Gasteiger partial charge < -0.3 is 14.8 Å². The van der Waals surface area contributed by atoms with Crippen LogP contribution in [0, 0.1) is 11.3 Å². The monoisotopic (exact) mass is 374 g/mol. The third-order valence-electron chi connectivity index (χ3n) is 3.76. The third-order valence-corrected chi connectivity index (χ3v) is 3.76. The molecule has 0 unspecified atom stereocenters. The van der Waals surface area contributed by atoms with E-state index in [0.29, 0.717) is 28.8 Å². The predicted molar refractivity (Wildman–Crippen MR) is 107 cm³/mol. The van der Waals surface area contributed by atoms with Crippen molar-refractivity contribution in [2.75, 3.05) is 25.0 Å². The molecule has 0 saturated carbocycles. The van der Waals surface area contributed by atoms with Gasteiger partial charge in [0, 0.05) is 23.9 Å². The molecule has 0 bridgehead atoms. The first-order valence-corrected chi connectivity index (χ1v) is 8.33. The number of nitriles is 1. The Hall–Kier alpha value is -4.12. The Kier molecular flexibility index (Phi) is 6.00. The van der Waals surface area contributed by atoms with E-state index in [2.05, 4.69) is 31.9 Å². The van der Waals surface area contributed by atoms with Crippen molar-refractivity contribution < 1.29 is 9.47 Å². The molecule has 0 atom stereocenters. The van der Waals surface area contributed by atoms with E-state index < -0.39 is 0 Å². The van der Waals surface area contributed by atoms with E-state index in [-0.39, 0.29) is 5.56 Å². The summed E-state index contributed by atoms with van der Waals surface area (Å²) in [5, 5.41) is 16.8. The molecule has 140 valence electrons. The Morgan fingerprint density at radius 3 is 2.32 bits per heavy atom. The highest BCUT2D eigenvalue weighted by molar-refractivity contribution is 5.80. The van der Waals surface area contributed by atoms with Crippen molar-refractivity contribution in [3.05, 3.63) is 66.0 Å². The minimum atomic E-state index is 0.231. The minimum Gasteiger partial charge on any atom is -0.497 e. The number of hydrazone groups is 1. The number of methoxy groups -OCH3 is 2. The Balaban J connectivity index is 1.84. The van der Waals surface area contributed by atoms with Crippen molar-refractivity contribution in [1.29, 1.82) is 5.26 Å². The summed E-state index contributed by atoms with van der Waals surface area (Å²) < 4.78 is 10.5. The summed E-state index contributed by atoms with van der Waals surface area (Å²) in [6.07, 6.45) is 2.99. The van der Waals surface area contributed by atoms with E-state index in [1.807, 2.05) is 30.3 Å². The number of benzene rings is 2. The summed E-state index contributed by atoms with van der Waals surface area (Å²) in [5.41, 5.74) is 4.60. The molecular formula is C20H18N6O2. The molecule has 8 heteroatoms. The standard InChI is InChI=1S/C20H18N6O2/c1-27-16-8-15(9-17(10-16)28-2)25-19-18(11-21)20(23-13-22-19)26-24-12-14-6-4-3-5-7-14/h3-10,12-13H,1-2H3,(H2,22,23,25,26). The lowest BCUT2D eigenvalue weighted by atomic mass is 10.2. The molecule has 0 radical (unpaired) electrons. The molecule has 3 rings (SSSR count). The quantitative estimate of drug-likeness (QED) is 0.481. The van der Waals surface area contributed by atoms with Gasteiger partial charge in [0.05, 0.1) is 20.4 Å². The van der Waals surface area contributed by atoms with E-state index in [0.717, 1.165) is 5.56 Å². The zero-order chi connectivity index (χ0) is 19.8. The van der Waals surface area contributed by atoms with Crippen LogP contribution in [0.15, 0.2) is 60.0 Å². The largest absolute Gasteiger partial charge is 0.497 e. The van der Waals surface area contributed by atoms with Crippen LogP contribution >= 0.6 is 0 Å². The lowest BCUT2D eigenvalue weighted by molar-refractivity contribution is 0.395. The van der Waals surface area contributed by atoms with Crippen LogP contribution in [0.4, 0.5) is 17.3 Å². The van der Waals surface area contributed by atoms with Gasteiger partial charge in [0.2, 0.25) is 0 Å². The highest BCUT2D eigenvalue weighted by Gasteiger charge is 2.12. The zero-order valence-electron chi connectivity index (χ0n) is 15.4. The summed E-state index contributed by atoms with van der Waals surface area (Å²) in [4.78, 5) is 8.27. The van der Waals surface area contributed by atoms with Crippen molar-refractivity contribution in [3.63, 3.8) is 0 Å². The maximum absolute atomic E-state index is 9.58. The van der Waals surface area contributed by atoms with Gasteiger partial charge in [-0.15, -0.1) is 0 Å². The van der Waals surface area contributed by atoms with Gasteiger partial charge in [0.25, 0.3) is 0 Å². The topological polar surface area (TPSA) is 104 Å². The zero-order valence-corrected chi connectivity index (χ0v) is 15.4. The molecule has 3 aromatic rings. The first-order valence-electron chi connectivity index (χ1n) is 8.33. The SMILES string of the molecule is COc1cc(Nc2ncnc(NN=Cc3ccccc3)c2C#N)cc(OC)c1. The van der Waals surface area contributed by atoms with Crippen LogP contribution in [0.25, 0.3) is 0 Å². The molecule has 1 heterocycles. The number of ether oxygens (including phenoxy) is 2. The second-order valence-corrected chi connectivity index (χ2v) is 5.56. The average molecular weight is 374 g/mol. The van der Waals surface area contributed by atoms with Gasteiger partial charge in [-0.2, -0.15) is 10.4 Å². The van der Waals surface area contributed by atoms with Crippen LogP contribution in [0.2, 0.25) is 0 Å². The lowest BCUT2D eigenvalue weighted by Gasteiger charge is -2.12. The molecule has 0 spiro atoms. The molecule has 2 N–H and O–H groups in total. The fourth-order valence-electron chi connectivity index (χ4n) is 2.39. The van der Waals surface area contributed by atoms with Gasteiger partial charge in [0.15, 0.2) is 11.6 Å². The second-order valence-electron chi connectivity index (χ2n) is 5.56. The van der Waals surface area contributed by atoms with Crippen LogP contribution in [-0.2, 0) is 0 Å². The number of anilines is 3. The first-order chi connectivity index (χ1) is 13.7. The molecule has 8 nitrogen and oxygen atoms in total. The Bertz CT molecular complexity index is 993. The number of nitrogens with one attached hydrogen (secondary N) is 2. The molecule has 1 aromatic heterocycles. The fourth-order valence-corrected chi connectivity index (χ4v) is 2.39. The lowest BCUT2D eigenvalue weighted by Crippen LogP contribution is -2.03.